The molecule has 0 unspecified atom stereocenters. The van der Waals surface area contributed by atoms with Crippen molar-refractivity contribution in [2.24, 2.45) is 7.05 Å². The van der Waals surface area contributed by atoms with Crippen molar-refractivity contribution in [2.45, 2.75) is 19.9 Å². The second-order valence-electron chi connectivity index (χ2n) is 6.65. The van der Waals surface area contributed by atoms with Crippen LogP contribution in [0.25, 0.3) is 5.82 Å². The van der Waals surface area contributed by atoms with Gasteiger partial charge in [0.05, 0.1) is 17.6 Å². The molecule has 1 fully saturated rings. The Labute approximate surface area is 152 Å². The van der Waals surface area contributed by atoms with Crippen molar-refractivity contribution in [3.63, 3.8) is 0 Å². The van der Waals surface area contributed by atoms with Gasteiger partial charge in [0.2, 0.25) is 0 Å². The Morgan fingerprint density at radius 2 is 1.88 bits per heavy atom. The first-order valence-corrected chi connectivity index (χ1v) is 8.86. The van der Waals surface area contributed by atoms with Crippen molar-refractivity contribution in [2.75, 3.05) is 31.1 Å². The van der Waals surface area contributed by atoms with Crippen molar-refractivity contribution in [1.29, 1.82) is 0 Å². The van der Waals surface area contributed by atoms with Gasteiger partial charge in [-0.15, -0.1) is 10.2 Å². The number of rotatable bonds is 4. The molecule has 4 heterocycles. The molecule has 0 spiro atoms. The van der Waals surface area contributed by atoms with Crippen molar-refractivity contribution in [1.82, 2.24) is 39.9 Å². The highest BCUT2D eigenvalue weighted by molar-refractivity contribution is 5.37. The van der Waals surface area contributed by atoms with Gasteiger partial charge in [-0.2, -0.15) is 10.2 Å². The largest absolute Gasteiger partial charge is 0.354 e. The molecule has 0 atom stereocenters. The summed E-state index contributed by atoms with van der Waals surface area (Å²) in [5, 5.41) is 21.3. The normalized spacial score (nSPS) is 16.0. The molecule has 3 aromatic heterocycles. The van der Waals surface area contributed by atoms with Crippen LogP contribution in [0.5, 0.6) is 0 Å². The number of nitrogens with zero attached hydrogens (tertiary/aromatic N) is 9. The molecule has 26 heavy (non-hydrogen) atoms. The fraction of sp³-hybridized carbons (Fsp3) is 0.471. The van der Waals surface area contributed by atoms with E-state index in [1.54, 1.807) is 9.36 Å². The first kappa shape index (κ1) is 16.6. The van der Waals surface area contributed by atoms with Crippen LogP contribution in [0, 0.1) is 6.92 Å². The molecule has 4 rings (SSSR count). The zero-order chi connectivity index (χ0) is 17.9. The van der Waals surface area contributed by atoms with Crippen molar-refractivity contribution < 1.29 is 0 Å². The Hall–Kier alpha value is -2.81. The third kappa shape index (κ3) is 3.72. The molecule has 136 valence electrons. The van der Waals surface area contributed by atoms with Crippen LogP contribution >= 0.6 is 0 Å². The lowest BCUT2D eigenvalue weighted by molar-refractivity contribution is 0.282. The first-order chi connectivity index (χ1) is 12.7. The average molecular weight is 353 g/mol. The second-order valence-corrected chi connectivity index (χ2v) is 6.65. The molecule has 1 aliphatic heterocycles. The fourth-order valence-corrected chi connectivity index (χ4v) is 3.16. The van der Waals surface area contributed by atoms with Gasteiger partial charge in [0, 0.05) is 52.0 Å². The van der Waals surface area contributed by atoms with E-state index in [9.17, 15) is 0 Å². The Kier molecular flexibility index (Phi) is 4.61. The molecule has 0 radical (unpaired) electrons. The number of hydrogen-bond donors (Lipinski definition) is 0. The van der Waals surface area contributed by atoms with Crippen LogP contribution < -0.4 is 4.90 Å². The van der Waals surface area contributed by atoms with E-state index in [1.165, 1.54) is 0 Å². The highest BCUT2D eigenvalue weighted by Gasteiger charge is 2.17. The quantitative estimate of drug-likeness (QED) is 0.686. The lowest BCUT2D eigenvalue weighted by Crippen LogP contribution is -2.31. The molecule has 0 aromatic carbocycles. The minimum absolute atomic E-state index is 0.784. The van der Waals surface area contributed by atoms with Crippen LogP contribution in [-0.2, 0) is 13.6 Å². The summed E-state index contributed by atoms with van der Waals surface area (Å²) in [6.45, 7) is 6.68. The van der Waals surface area contributed by atoms with E-state index in [1.807, 2.05) is 38.5 Å². The molecule has 0 amide bonds. The van der Waals surface area contributed by atoms with Gasteiger partial charge in [-0.05, 0) is 25.5 Å². The van der Waals surface area contributed by atoms with E-state index < -0.39 is 0 Å². The molecule has 3 aromatic rings. The lowest BCUT2D eigenvalue weighted by atomic mass is 10.3. The Morgan fingerprint density at radius 3 is 2.65 bits per heavy atom. The number of anilines is 1. The molecular formula is C17H23N9. The van der Waals surface area contributed by atoms with Gasteiger partial charge in [0.1, 0.15) is 0 Å². The van der Waals surface area contributed by atoms with Gasteiger partial charge in [-0.3, -0.25) is 9.58 Å². The Bertz CT molecular complexity index is 851. The van der Waals surface area contributed by atoms with Crippen LogP contribution in [0.4, 0.5) is 5.82 Å². The van der Waals surface area contributed by atoms with Crippen LogP contribution in [-0.4, -0.2) is 66.1 Å². The van der Waals surface area contributed by atoms with Gasteiger partial charge >= 0.3 is 0 Å². The maximum absolute atomic E-state index is 4.35. The van der Waals surface area contributed by atoms with Gasteiger partial charge < -0.3 is 4.90 Å². The van der Waals surface area contributed by atoms with E-state index in [4.69, 9.17) is 0 Å². The van der Waals surface area contributed by atoms with Crippen LogP contribution in [0.1, 0.15) is 17.8 Å². The van der Waals surface area contributed by atoms with E-state index >= 15 is 0 Å². The van der Waals surface area contributed by atoms with E-state index in [0.717, 1.165) is 62.2 Å². The third-order valence-corrected chi connectivity index (χ3v) is 4.56. The van der Waals surface area contributed by atoms with Gasteiger partial charge in [-0.25, -0.2) is 4.68 Å². The second kappa shape index (κ2) is 7.20. The minimum atomic E-state index is 0.784. The summed E-state index contributed by atoms with van der Waals surface area (Å²) >= 11 is 0. The van der Waals surface area contributed by atoms with Crippen molar-refractivity contribution >= 4 is 5.82 Å². The van der Waals surface area contributed by atoms with Crippen molar-refractivity contribution in [3.05, 3.63) is 42.0 Å². The summed E-state index contributed by atoms with van der Waals surface area (Å²) < 4.78 is 3.48. The molecular weight excluding hydrogens is 330 g/mol. The maximum Gasteiger partial charge on any atom is 0.176 e. The highest BCUT2D eigenvalue weighted by atomic mass is 15.5. The number of aromatic nitrogens is 7. The highest BCUT2D eigenvalue weighted by Crippen LogP contribution is 2.14. The average Bonchev–Trinajstić information content (AvgIpc) is 3.20. The van der Waals surface area contributed by atoms with E-state index in [2.05, 4.69) is 41.5 Å². The van der Waals surface area contributed by atoms with Gasteiger partial charge in [0.25, 0.3) is 0 Å². The smallest absolute Gasteiger partial charge is 0.176 e. The predicted octanol–water partition coefficient (Wildman–Crippen LogP) is 0.812. The van der Waals surface area contributed by atoms with Crippen molar-refractivity contribution in [3.8, 4) is 5.82 Å². The zero-order valence-electron chi connectivity index (χ0n) is 15.2. The zero-order valence-corrected chi connectivity index (χ0v) is 15.2. The summed E-state index contributed by atoms with van der Waals surface area (Å²) in [4.78, 5) is 4.71. The number of hydrogen-bond acceptors (Lipinski definition) is 7. The molecule has 9 nitrogen and oxygen atoms in total. The summed E-state index contributed by atoms with van der Waals surface area (Å²) in [6, 6.07) is 5.99. The Morgan fingerprint density at radius 1 is 0.962 bits per heavy atom. The minimum Gasteiger partial charge on any atom is -0.354 e. The monoisotopic (exact) mass is 353 g/mol. The molecule has 1 saturated heterocycles. The van der Waals surface area contributed by atoms with Crippen LogP contribution in [0.3, 0.4) is 0 Å². The van der Waals surface area contributed by atoms with Crippen LogP contribution in [0.15, 0.2) is 30.6 Å². The summed E-state index contributed by atoms with van der Waals surface area (Å²) in [7, 11) is 1.89. The topological polar surface area (TPSA) is 80.8 Å². The third-order valence-electron chi connectivity index (χ3n) is 4.56. The van der Waals surface area contributed by atoms with Gasteiger partial charge in [0.15, 0.2) is 11.6 Å². The first-order valence-electron chi connectivity index (χ1n) is 8.86. The fourth-order valence-electron chi connectivity index (χ4n) is 3.16. The van der Waals surface area contributed by atoms with Crippen LogP contribution in [0.2, 0.25) is 0 Å². The molecule has 0 N–H and O–H groups in total. The van der Waals surface area contributed by atoms with Gasteiger partial charge in [-0.1, -0.05) is 5.21 Å². The summed E-state index contributed by atoms with van der Waals surface area (Å²) in [5.41, 5.74) is 1.90. The standard InChI is InChI=1S/C17H23N9/c1-14-4-5-16(20-18-14)25-8-3-7-24(10-11-25)12-15-13-26(22-19-15)17-6-9-23(2)21-17/h4-6,9,13H,3,7-8,10-12H2,1-2H3. The molecule has 0 aliphatic carbocycles. The van der Waals surface area contributed by atoms with E-state index in [-0.39, 0.29) is 0 Å². The molecule has 9 heteroatoms. The van der Waals surface area contributed by atoms with E-state index in [0.29, 0.717) is 0 Å². The summed E-state index contributed by atoms with van der Waals surface area (Å²) in [5.74, 6) is 1.74. The molecule has 0 bridgehead atoms. The Balaban J connectivity index is 1.37. The SMILES string of the molecule is Cc1ccc(N2CCCN(Cc3cn(-c4ccn(C)n4)nn3)CC2)nn1. The lowest BCUT2D eigenvalue weighted by Gasteiger charge is -2.21. The maximum atomic E-state index is 4.35. The summed E-state index contributed by atoms with van der Waals surface area (Å²) in [6.07, 6.45) is 4.94. The molecule has 0 saturated carbocycles. The number of aryl methyl sites for hydroxylation is 2. The molecule has 1 aliphatic rings. The predicted molar refractivity (Wildman–Crippen MR) is 97.0 cm³/mol.